The van der Waals surface area contributed by atoms with Gasteiger partial charge in [-0.05, 0) is 36.2 Å². The summed E-state index contributed by atoms with van der Waals surface area (Å²) in [5.74, 6) is 0.136. The molecule has 0 spiro atoms. The highest BCUT2D eigenvalue weighted by Crippen LogP contribution is 2.26. The number of fused-ring (bicyclic) bond motifs is 1. The van der Waals surface area contributed by atoms with Crippen molar-refractivity contribution in [2.24, 2.45) is 0 Å². The molecule has 0 aliphatic rings. The molecule has 0 saturated carbocycles. The molecule has 0 radical (unpaired) electrons. The van der Waals surface area contributed by atoms with Gasteiger partial charge in [-0.3, -0.25) is 14.1 Å². The Morgan fingerprint density at radius 2 is 2.04 bits per heavy atom. The fourth-order valence-electron chi connectivity index (χ4n) is 3.00. The van der Waals surface area contributed by atoms with Gasteiger partial charge in [-0.25, -0.2) is 9.78 Å². The highest BCUT2D eigenvalue weighted by atomic mass is 79.9. The minimum absolute atomic E-state index is 0.102. The van der Waals surface area contributed by atoms with Crippen LogP contribution in [-0.4, -0.2) is 28.4 Å². The van der Waals surface area contributed by atoms with E-state index in [-0.39, 0.29) is 5.91 Å². The van der Waals surface area contributed by atoms with Gasteiger partial charge >= 0.3 is 5.97 Å². The number of methoxy groups -OCH3 is 1. The maximum atomic E-state index is 12.5. The number of carbonyl (C=O) groups excluding carboxylic acids is 2. The van der Waals surface area contributed by atoms with Crippen molar-refractivity contribution in [3.8, 4) is 0 Å². The number of amides is 1. The van der Waals surface area contributed by atoms with Gasteiger partial charge in [0.2, 0.25) is 5.91 Å². The first-order valence-corrected chi connectivity index (χ1v) is 9.35. The van der Waals surface area contributed by atoms with E-state index in [4.69, 9.17) is 4.74 Å². The van der Waals surface area contributed by atoms with E-state index in [0.717, 1.165) is 15.7 Å². The summed E-state index contributed by atoms with van der Waals surface area (Å²) in [6.07, 6.45) is 2.33. The molecule has 0 aliphatic heterocycles. The number of nitrogens with zero attached hydrogens (tertiary/aromatic N) is 3. The summed E-state index contributed by atoms with van der Waals surface area (Å²) in [6, 6.07) is 11.2. The van der Waals surface area contributed by atoms with Gasteiger partial charge < -0.3 is 4.74 Å². The van der Waals surface area contributed by atoms with Crippen LogP contribution in [0.1, 0.15) is 35.5 Å². The van der Waals surface area contributed by atoms with Crippen LogP contribution in [0.15, 0.2) is 47.1 Å². The minimum Gasteiger partial charge on any atom is -0.465 e. The number of esters is 1. The first-order chi connectivity index (χ1) is 12.9. The molecular weight excluding hydrogens is 410 g/mol. The van der Waals surface area contributed by atoms with Crippen LogP contribution < -0.4 is 4.90 Å². The Kier molecular flexibility index (Phi) is 5.60. The number of halogens is 1. The molecule has 0 atom stereocenters. The predicted octanol–water partition coefficient (Wildman–Crippen LogP) is 4.00. The lowest BCUT2D eigenvalue weighted by Gasteiger charge is -2.22. The Balaban J connectivity index is 2.15. The van der Waals surface area contributed by atoms with Gasteiger partial charge in [0.05, 0.1) is 24.9 Å². The van der Waals surface area contributed by atoms with Crippen molar-refractivity contribution in [3.63, 3.8) is 0 Å². The molecule has 0 fully saturated rings. The summed E-state index contributed by atoms with van der Waals surface area (Å²) in [5.41, 5.74) is 2.86. The molecule has 0 aliphatic carbocycles. The van der Waals surface area contributed by atoms with Crippen molar-refractivity contribution in [1.29, 1.82) is 0 Å². The summed E-state index contributed by atoms with van der Waals surface area (Å²) in [4.78, 5) is 30.7. The lowest BCUT2D eigenvalue weighted by atomic mass is 10.2. The number of anilines is 1. The number of hydrogen-bond acceptors (Lipinski definition) is 4. The Labute approximate surface area is 165 Å². The highest BCUT2D eigenvalue weighted by molar-refractivity contribution is 9.10. The van der Waals surface area contributed by atoms with Crippen molar-refractivity contribution < 1.29 is 14.3 Å². The maximum absolute atomic E-state index is 12.5. The third-order valence-electron chi connectivity index (χ3n) is 4.28. The van der Waals surface area contributed by atoms with Crippen molar-refractivity contribution in [2.45, 2.75) is 26.8 Å². The lowest BCUT2D eigenvalue weighted by molar-refractivity contribution is -0.116. The summed E-state index contributed by atoms with van der Waals surface area (Å²) < 4.78 is 7.55. The fourth-order valence-corrected chi connectivity index (χ4v) is 3.44. The lowest BCUT2D eigenvalue weighted by Crippen LogP contribution is -2.30. The van der Waals surface area contributed by atoms with Crippen molar-refractivity contribution in [2.75, 3.05) is 12.0 Å². The van der Waals surface area contributed by atoms with Crippen LogP contribution in [0.5, 0.6) is 0 Å². The van der Waals surface area contributed by atoms with Crippen LogP contribution in [0.25, 0.3) is 5.65 Å². The molecule has 27 heavy (non-hydrogen) atoms. The van der Waals surface area contributed by atoms with Crippen LogP contribution in [0.2, 0.25) is 0 Å². The number of benzene rings is 1. The van der Waals surface area contributed by atoms with Crippen molar-refractivity contribution >= 4 is 39.3 Å². The summed E-state index contributed by atoms with van der Waals surface area (Å²) >= 11 is 3.47. The average Bonchev–Trinajstić information content (AvgIpc) is 3.02. The monoisotopic (exact) mass is 429 g/mol. The minimum atomic E-state index is -0.434. The number of aryl methyl sites for hydroxylation is 1. The standard InChI is InChI=1S/C20H20BrN3O3/c1-4-17-19(23(13(2)25)11-14-6-5-7-16(21)10-14)24-12-15(20(26)27-3)8-9-18(24)22-17/h5-10,12H,4,11H2,1-3H3. The average molecular weight is 430 g/mol. The molecule has 0 unspecified atom stereocenters. The summed E-state index contributed by atoms with van der Waals surface area (Å²) in [5, 5.41) is 0. The predicted molar refractivity (Wildman–Crippen MR) is 107 cm³/mol. The topological polar surface area (TPSA) is 63.9 Å². The van der Waals surface area contributed by atoms with E-state index in [9.17, 15) is 9.59 Å². The van der Waals surface area contributed by atoms with Gasteiger partial charge in [0.25, 0.3) is 0 Å². The highest BCUT2D eigenvalue weighted by Gasteiger charge is 2.22. The maximum Gasteiger partial charge on any atom is 0.339 e. The summed E-state index contributed by atoms with van der Waals surface area (Å²) in [7, 11) is 1.34. The Hall–Kier alpha value is -2.67. The van der Waals surface area contributed by atoms with Crippen LogP contribution in [0.4, 0.5) is 5.82 Å². The number of pyridine rings is 1. The molecular formula is C20H20BrN3O3. The third-order valence-corrected chi connectivity index (χ3v) is 4.78. The SMILES string of the molecule is CCc1nc2ccc(C(=O)OC)cn2c1N(Cc1cccc(Br)c1)C(C)=O. The molecule has 3 rings (SSSR count). The molecule has 6 nitrogen and oxygen atoms in total. The zero-order chi connectivity index (χ0) is 19.6. The Morgan fingerprint density at radius 3 is 2.67 bits per heavy atom. The second-order valence-electron chi connectivity index (χ2n) is 6.11. The second-order valence-corrected chi connectivity index (χ2v) is 7.02. The van der Waals surface area contributed by atoms with Gasteiger partial charge in [0.15, 0.2) is 0 Å². The Bertz CT molecular complexity index is 1010. The van der Waals surface area contributed by atoms with E-state index in [2.05, 4.69) is 20.9 Å². The van der Waals surface area contributed by atoms with Crippen molar-refractivity contribution in [1.82, 2.24) is 9.38 Å². The molecule has 2 heterocycles. The normalized spacial score (nSPS) is 10.8. The molecule has 0 saturated heterocycles. The van der Waals surface area contributed by atoms with Gasteiger partial charge in [0, 0.05) is 17.6 Å². The van der Waals surface area contributed by atoms with Gasteiger partial charge in [-0.2, -0.15) is 0 Å². The first-order valence-electron chi connectivity index (χ1n) is 8.56. The number of hydrogen-bond donors (Lipinski definition) is 0. The first kappa shape index (κ1) is 19.1. The third kappa shape index (κ3) is 3.88. The van der Waals surface area contributed by atoms with Crippen LogP contribution in [-0.2, 0) is 22.5 Å². The van der Waals surface area contributed by atoms with E-state index in [1.54, 1.807) is 27.6 Å². The van der Waals surface area contributed by atoms with E-state index < -0.39 is 5.97 Å². The van der Waals surface area contributed by atoms with E-state index in [0.29, 0.717) is 30.0 Å². The van der Waals surface area contributed by atoms with Crippen LogP contribution in [0.3, 0.4) is 0 Å². The molecule has 2 aromatic heterocycles. The fraction of sp³-hybridized carbons (Fsp3) is 0.250. The van der Waals surface area contributed by atoms with Crippen LogP contribution in [0, 0.1) is 0 Å². The Morgan fingerprint density at radius 1 is 1.26 bits per heavy atom. The molecule has 0 N–H and O–H groups in total. The van der Waals surface area contributed by atoms with E-state index in [1.807, 2.05) is 31.2 Å². The number of carbonyl (C=O) groups is 2. The molecule has 140 valence electrons. The number of aromatic nitrogens is 2. The van der Waals surface area contributed by atoms with Crippen molar-refractivity contribution in [3.05, 3.63) is 63.9 Å². The zero-order valence-corrected chi connectivity index (χ0v) is 17.0. The molecule has 0 bridgehead atoms. The molecule has 1 amide bonds. The second kappa shape index (κ2) is 7.92. The van der Waals surface area contributed by atoms with Gasteiger partial charge in [0.1, 0.15) is 11.5 Å². The number of rotatable bonds is 5. The molecule has 7 heteroatoms. The molecule has 3 aromatic rings. The largest absolute Gasteiger partial charge is 0.465 e. The summed E-state index contributed by atoms with van der Waals surface area (Å²) in [6.45, 7) is 3.92. The van der Waals surface area contributed by atoms with E-state index in [1.165, 1.54) is 14.0 Å². The smallest absolute Gasteiger partial charge is 0.339 e. The van der Waals surface area contributed by atoms with E-state index >= 15 is 0 Å². The van der Waals surface area contributed by atoms with Crippen LogP contribution >= 0.6 is 15.9 Å². The van der Waals surface area contributed by atoms with Gasteiger partial charge in [-0.1, -0.05) is 35.0 Å². The zero-order valence-electron chi connectivity index (χ0n) is 15.4. The molecule has 1 aromatic carbocycles. The van der Waals surface area contributed by atoms with Gasteiger partial charge in [-0.15, -0.1) is 0 Å². The number of ether oxygens (including phenoxy) is 1. The quantitative estimate of drug-likeness (QED) is 0.574. The number of imidazole rings is 1.